The fourth-order valence-corrected chi connectivity index (χ4v) is 1.22. The van der Waals surface area contributed by atoms with Crippen molar-refractivity contribution in [3.05, 3.63) is 18.7 Å². The quantitative estimate of drug-likeness (QED) is 0.591. The fraction of sp³-hybridized carbons (Fsp3) is 0.600. The summed E-state index contributed by atoms with van der Waals surface area (Å²) in [5.74, 6) is 0. The van der Waals surface area contributed by atoms with Crippen molar-refractivity contribution < 1.29 is 21.5 Å². The lowest BCUT2D eigenvalue weighted by Crippen LogP contribution is -3.00. The molecule has 14 heavy (non-hydrogen) atoms. The van der Waals surface area contributed by atoms with Crippen molar-refractivity contribution in [2.75, 3.05) is 0 Å². The Morgan fingerprint density at radius 2 is 2.29 bits per heavy atom. The summed E-state index contributed by atoms with van der Waals surface area (Å²) in [4.78, 5) is 0. The van der Waals surface area contributed by atoms with Crippen molar-refractivity contribution in [1.82, 2.24) is 4.57 Å². The Hall–Kier alpha value is -0.820. The van der Waals surface area contributed by atoms with Crippen LogP contribution in [0.5, 0.6) is 0 Å². The van der Waals surface area contributed by atoms with Crippen LogP contribution in [0.4, 0.5) is 0 Å². The molecule has 4 heteroatoms. The average molecular weight is 258 g/mol. The van der Waals surface area contributed by atoms with Crippen LogP contribution in [-0.4, -0.2) is 4.57 Å². The lowest BCUT2D eigenvalue weighted by Gasteiger charge is -1.92. The third-order valence-electron chi connectivity index (χ3n) is 2.00. The zero-order valence-corrected chi connectivity index (χ0v) is 10.1. The second-order valence-electron chi connectivity index (χ2n) is 3.15. The summed E-state index contributed by atoms with van der Waals surface area (Å²) in [6.07, 6.45) is 9.17. The van der Waals surface area contributed by atoms with E-state index in [1.54, 1.807) is 0 Å². The van der Waals surface area contributed by atoms with Crippen molar-refractivity contribution >= 4 is 0 Å². The Balaban J connectivity index is 0.00000169. The number of unbranched alkanes of at least 4 members (excludes halogenated alkanes) is 1. The van der Waals surface area contributed by atoms with E-state index in [0.717, 1.165) is 13.1 Å². The second kappa shape index (κ2) is 7.57. The van der Waals surface area contributed by atoms with Crippen molar-refractivity contribution in [2.45, 2.75) is 39.3 Å². The van der Waals surface area contributed by atoms with Gasteiger partial charge in [-0.3, -0.25) is 0 Å². The number of nitriles is 1. The minimum Gasteiger partial charge on any atom is -1.00 e. The summed E-state index contributed by atoms with van der Waals surface area (Å²) in [6.45, 7) is 4.07. The largest absolute Gasteiger partial charge is 1.00 e. The van der Waals surface area contributed by atoms with Gasteiger partial charge in [0, 0.05) is 0 Å². The molecule has 0 aromatic carbocycles. The average Bonchev–Trinajstić information content (AvgIpc) is 2.59. The minimum atomic E-state index is 0. The molecule has 0 saturated carbocycles. The first-order valence-electron chi connectivity index (χ1n) is 4.78. The highest BCUT2D eigenvalue weighted by molar-refractivity contribution is 4.68. The number of hydrogen-bond acceptors (Lipinski definition) is 1. The zero-order valence-electron chi connectivity index (χ0n) is 8.49. The first kappa shape index (κ1) is 13.2. The number of hydrogen-bond donors (Lipinski definition) is 0. The molecule has 0 aliphatic rings. The Bertz CT molecular complexity index is 288. The Morgan fingerprint density at radius 1 is 1.50 bits per heavy atom. The molecule has 3 nitrogen and oxygen atoms in total. The molecule has 0 spiro atoms. The monoisotopic (exact) mass is 257 g/mol. The molecule has 1 aromatic heterocycles. The van der Waals surface area contributed by atoms with E-state index in [0.29, 0.717) is 6.42 Å². The maximum absolute atomic E-state index is 8.41. The molecular formula is C10H16BrN3. The highest BCUT2D eigenvalue weighted by Crippen LogP contribution is 1.92. The predicted octanol–water partition coefficient (Wildman–Crippen LogP) is -1.51. The van der Waals surface area contributed by atoms with Gasteiger partial charge in [0.25, 0.3) is 0 Å². The molecule has 78 valence electrons. The normalized spacial score (nSPS) is 9.14. The number of imidazole rings is 1. The van der Waals surface area contributed by atoms with Crippen LogP contribution < -0.4 is 21.5 Å². The summed E-state index contributed by atoms with van der Waals surface area (Å²) < 4.78 is 4.22. The minimum absolute atomic E-state index is 0. The lowest BCUT2D eigenvalue weighted by atomic mass is 10.3. The van der Waals surface area contributed by atoms with Crippen LogP contribution in [0.3, 0.4) is 0 Å². The third-order valence-corrected chi connectivity index (χ3v) is 2.00. The van der Waals surface area contributed by atoms with Crippen LogP contribution in [0, 0.1) is 11.3 Å². The summed E-state index contributed by atoms with van der Waals surface area (Å²) in [6, 6.07) is 2.14. The molecule has 0 fully saturated rings. The first-order chi connectivity index (χ1) is 6.36. The smallest absolute Gasteiger partial charge is 0.243 e. The Kier molecular flexibility index (Phi) is 7.13. The molecule has 0 saturated heterocycles. The van der Waals surface area contributed by atoms with Crippen LogP contribution in [0.1, 0.15) is 26.2 Å². The van der Waals surface area contributed by atoms with Gasteiger partial charge < -0.3 is 17.0 Å². The summed E-state index contributed by atoms with van der Waals surface area (Å²) in [5, 5.41) is 8.41. The number of rotatable bonds is 5. The topological polar surface area (TPSA) is 32.6 Å². The van der Waals surface area contributed by atoms with Crippen molar-refractivity contribution in [3.63, 3.8) is 0 Å². The van der Waals surface area contributed by atoms with Gasteiger partial charge in [-0.2, -0.15) is 5.26 Å². The highest BCUT2D eigenvalue weighted by Gasteiger charge is 2.01. The molecule has 0 atom stereocenters. The molecule has 1 rings (SSSR count). The molecule has 0 N–H and O–H groups in total. The van der Waals surface area contributed by atoms with Gasteiger partial charge in [0.05, 0.1) is 19.0 Å². The zero-order chi connectivity index (χ0) is 9.52. The van der Waals surface area contributed by atoms with Gasteiger partial charge in [-0.05, 0) is 6.42 Å². The SMILES string of the molecule is CCCCn1cc[n+](CCC#N)c1.[Br-]. The summed E-state index contributed by atoms with van der Waals surface area (Å²) in [7, 11) is 0. The van der Waals surface area contributed by atoms with Gasteiger partial charge in [0.2, 0.25) is 6.33 Å². The van der Waals surface area contributed by atoms with Gasteiger partial charge in [-0.1, -0.05) is 13.3 Å². The molecular weight excluding hydrogens is 242 g/mol. The molecule has 1 heterocycles. The molecule has 0 amide bonds. The molecule has 0 aliphatic heterocycles. The van der Waals surface area contributed by atoms with Crippen LogP contribution >= 0.6 is 0 Å². The number of aryl methyl sites for hydroxylation is 2. The van der Waals surface area contributed by atoms with Crippen LogP contribution in [0.2, 0.25) is 0 Å². The van der Waals surface area contributed by atoms with Gasteiger partial charge in [0.1, 0.15) is 18.9 Å². The molecule has 0 aliphatic carbocycles. The van der Waals surface area contributed by atoms with Gasteiger partial charge in [-0.15, -0.1) is 0 Å². The van der Waals surface area contributed by atoms with Crippen molar-refractivity contribution in [1.29, 1.82) is 5.26 Å². The van der Waals surface area contributed by atoms with E-state index in [1.807, 2.05) is 6.20 Å². The number of halogens is 1. The summed E-state index contributed by atoms with van der Waals surface area (Å²) in [5.41, 5.74) is 0. The summed E-state index contributed by atoms with van der Waals surface area (Å²) >= 11 is 0. The predicted molar refractivity (Wildman–Crippen MR) is 49.8 cm³/mol. The van der Waals surface area contributed by atoms with Crippen molar-refractivity contribution in [2.24, 2.45) is 0 Å². The lowest BCUT2D eigenvalue weighted by molar-refractivity contribution is -0.695. The van der Waals surface area contributed by atoms with E-state index in [9.17, 15) is 0 Å². The van der Waals surface area contributed by atoms with Gasteiger partial charge >= 0.3 is 0 Å². The Labute approximate surface area is 95.7 Å². The fourth-order valence-electron chi connectivity index (χ4n) is 1.22. The van der Waals surface area contributed by atoms with E-state index in [4.69, 9.17) is 5.26 Å². The molecule has 0 radical (unpaired) electrons. The van der Waals surface area contributed by atoms with E-state index < -0.39 is 0 Å². The molecule has 1 aromatic rings. The van der Waals surface area contributed by atoms with Crippen LogP contribution in [0.25, 0.3) is 0 Å². The standard InChI is InChI=1S/C10H16N3.BrH/c1-2-3-6-12-8-9-13(10-12)7-4-5-11;/h8-10H,2-4,6-7H2,1H3;1H/q+1;/p-1. The van der Waals surface area contributed by atoms with E-state index in [2.05, 4.69) is 34.7 Å². The van der Waals surface area contributed by atoms with E-state index >= 15 is 0 Å². The van der Waals surface area contributed by atoms with E-state index in [1.165, 1.54) is 12.8 Å². The first-order valence-corrected chi connectivity index (χ1v) is 4.78. The van der Waals surface area contributed by atoms with Crippen molar-refractivity contribution in [3.8, 4) is 6.07 Å². The number of aromatic nitrogens is 2. The molecule has 0 unspecified atom stereocenters. The Morgan fingerprint density at radius 3 is 2.93 bits per heavy atom. The molecule has 0 bridgehead atoms. The van der Waals surface area contributed by atoms with Gasteiger partial charge in [-0.25, -0.2) is 9.13 Å². The third kappa shape index (κ3) is 4.43. The van der Waals surface area contributed by atoms with Gasteiger partial charge in [0.15, 0.2) is 0 Å². The van der Waals surface area contributed by atoms with Crippen LogP contribution in [0.15, 0.2) is 18.7 Å². The second-order valence-corrected chi connectivity index (χ2v) is 3.15. The van der Waals surface area contributed by atoms with Crippen LogP contribution in [-0.2, 0) is 13.1 Å². The maximum atomic E-state index is 8.41. The number of nitrogens with zero attached hydrogens (tertiary/aromatic N) is 3. The highest BCUT2D eigenvalue weighted by atomic mass is 79.9. The van der Waals surface area contributed by atoms with E-state index in [-0.39, 0.29) is 17.0 Å². The maximum Gasteiger partial charge on any atom is 0.243 e.